The van der Waals surface area contributed by atoms with Gasteiger partial charge >= 0.3 is 0 Å². The Morgan fingerprint density at radius 2 is 2.00 bits per heavy atom. The molecule has 0 spiro atoms. The maximum absolute atomic E-state index is 13.3. The fourth-order valence-corrected chi connectivity index (χ4v) is 1.34. The first kappa shape index (κ1) is 12.6. The van der Waals surface area contributed by atoms with Crippen LogP contribution in [-0.4, -0.2) is 26.4 Å². The van der Waals surface area contributed by atoms with Gasteiger partial charge in [0, 0.05) is 26.1 Å². The van der Waals surface area contributed by atoms with Gasteiger partial charge in [-0.25, -0.2) is 8.78 Å². The molecule has 88 valence electrons. The van der Waals surface area contributed by atoms with Gasteiger partial charge in [-0.15, -0.1) is 0 Å². The first-order valence-corrected chi connectivity index (χ1v) is 4.87. The highest BCUT2D eigenvalue weighted by molar-refractivity contribution is 5.97. The van der Waals surface area contributed by atoms with E-state index < -0.39 is 11.6 Å². The van der Waals surface area contributed by atoms with Gasteiger partial charge in [0.25, 0.3) is 0 Å². The third kappa shape index (κ3) is 2.55. The van der Waals surface area contributed by atoms with Crippen LogP contribution in [-0.2, 0) is 0 Å². The molecule has 0 unspecified atom stereocenters. The van der Waals surface area contributed by atoms with Crippen molar-refractivity contribution in [1.82, 2.24) is 0 Å². The fourth-order valence-electron chi connectivity index (χ4n) is 1.34. The number of nitrogens with zero attached hydrogens (tertiary/aromatic N) is 1. The number of Topliss-reactive ketones (excluding diaryl/α,β-unsaturated/α-hetero) is 1. The van der Waals surface area contributed by atoms with Gasteiger partial charge in [0.05, 0.1) is 5.69 Å². The molecule has 3 nitrogen and oxygen atoms in total. The lowest BCUT2D eigenvalue weighted by atomic mass is 10.1. The summed E-state index contributed by atoms with van der Waals surface area (Å²) in [5.41, 5.74) is 5.44. The van der Waals surface area contributed by atoms with Gasteiger partial charge in [0.1, 0.15) is 0 Å². The topological polar surface area (TPSA) is 46.3 Å². The molecule has 0 fully saturated rings. The largest absolute Gasteiger partial charge is 0.375 e. The molecule has 0 aromatic heterocycles. The van der Waals surface area contributed by atoms with Crippen LogP contribution in [0.1, 0.15) is 16.8 Å². The number of hydrogen-bond donors (Lipinski definition) is 1. The average molecular weight is 228 g/mol. The Kier molecular flexibility index (Phi) is 3.95. The predicted molar refractivity (Wildman–Crippen MR) is 58.7 cm³/mol. The molecule has 0 aliphatic rings. The lowest BCUT2D eigenvalue weighted by Gasteiger charge is -2.15. The van der Waals surface area contributed by atoms with E-state index in [0.29, 0.717) is 0 Å². The van der Waals surface area contributed by atoms with Gasteiger partial charge in [-0.3, -0.25) is 4.79 Å². The molecule has 0 saturated carbocycles. The summed E-state index contributed by atoms with van der Waals surface area (Å²) >= 11 is 0. The van der Waals surface area contributed by atoms with E-state index >= 15 is 0 Å². The summed E-state index contributed by atoms with van der Waals surface area (Å²) in [6.07, 6.45) is 0.123. The first-order valence-electron chi connectivity index (χ1n) is 4.87. The number of nitrogens with two attached hydrogens (primary N) is 1. The van der Waals surface area contributed by atoms with Crippen molar-refractivity contribution >= 4 is 11.5 Å². The van der Waals surface area contributed by atoms with Crippen molar-refractivity contribution in [3.8, 4) is 0 Å². The summed E-state index contributed by atoms with van der Waals surface area (Å²) in [6, 6.07) is 2.23. The number of carbonyl (C=O) groups is 1. The third-order valence-corrected chi connectivity index (χ3v) is 2.18. The van der Waals surface area contributed by atoms with E-state index in [-0.39, 0.29) is 30.0 Å². The normalized spacial score (nSPS) is 10.3. The predicted octanol–water partition coefficient (Wildman–Crippen LogP) is 1.56. The van der Waals surface area contributed by atoms with Crippen LogP contribution in [0.5, 0.6) is 0 Å². The Labute approximate surface area is 92.8 Å². The molecule has 1 aromatic carbocycles. The zero-order valence-electron chi connectivity index (χ0n) is 9.26. The molecule has 0 atom stereocenters. The number of benzene rings is 1. The Morgan fingerprint density at radius 3 is 2.50 bits per heavy atom. The zero-order chi connectivity index (χ0) is 12.3. The minimum atomic E-state index is -1.02. The van der Waals surface area contributed by atoms with Crippen LogP contribution in [0.25, 0.3) is 0 Å². The maximum atomic E-state index is 13.3. The van der Waals surface area contributed by atoms with E-state index in [1.807, 2.05) is 0 Å². The molecule has 0 saturated heterocycles. The number of hydrogen-bond acceptors (Lipinski definition) is 3. The first-order chi connectivity index (χ1) is 7.47. The molecule has 0 bridgehead atoms. The Hall–Kier alpha value is -1.49. The third-order valence-electron chi connectivity index (χ3n) is 2.18. The Bertz CT molecular complexity index is 405. The minimum Gasteiger partial charge on any atom is -0.375 e. The van der Waals surface area contributed by atoms with Crippen molar-refractivity contribution in [3.05, 3.63) is 29.3 Å². The molecule has 0 amide bonds. The minimum absolute atomic E-state index is 0.0559. The molecule has 0 aliphatic carbocycles. The monoisotopic (exact) mass is 228 g/mol. The highest BCUT2D eigenvalue weighted by Crippen LogP contribution is 2.22. The molecule has 5 heteroatoms. The summed E-state index contributed by atoms with van der Waals surface area (Å²) in [7, 11) is 3.16. The van der Waals surface area contributed by atoms with E-state index in [1.165, 1.54) is 11.0 Å². The smallest absolute Gasteiger partial charge is 0.182 e. The van der Waals surface area contributed by atoms with Crippen molar-refractivity contribution in [2.45, 2.75) is 6.42 Å². The van der Waals surface area contributed by atoms with Gasteiger partial charge < -0.3 is 10.6 Å². The quantitative estimate of drug-likeness (QED) is 0.795. The van der Waals surface area contributed by atoms with Crippen molar-refractivity contribution in [1.29, 1.82) is 0 Å². The van der Waals surface area contributed by atoms with Crippen molar-refractivity contribution in [3.63, 3.8) is 0 Å². The second-order valence-electron chi connectivity index (χ2n) is 3.65. The summed E-state index contributed by atoms with van der Waals surface area (Å²) < 4.78 is 26.5. The average Bonchev–Trinajstić information content (AvgIpc) is 2.21. The molecule has 0 aliphatic heterocycles. The number of rotatable bonds is 4. The summed E-state index contributed by atoms with van der Waals surface area (Å²) in [5.74, 6) is -2.26. The van der Waals surface area contributed by atoms with Crippen LogP contribution in [0.15, 0.2) is 12.1 Å². The van der Waals surface area contributed by atoms with Gasteiger partial charge in [-0.05, 0) is 18.7 Å². The van der Waals surface area contributed by atoms with Crippen molar-refractivity contribution in [2.75, 3.05) is 25.5 Å². The molecular formula is C11H14F2N2O. The highest BCUT2D eigenvalue weighted by atomic mass is 19.2. The molecule has 0 radical (unpaired) electrons. The van der Waals surface area contributed by atoms with E-state index in [1.54, 1.807) is 14.1 Å². The number of anilines is 1. The van der Waals surface area contributed by atoms with Gasteiger partial charge in [0.2, 0.25) is 0 Å². The van der Waals surface area contributed by atoms with Crippen LogP contribution in [0.3, 0.4) is 0 Å². The van der Waals surface area contributed by atoms with E-state index in [2.05, 4.69) is 0 Å². The van der Waals surface area contributed by atoms with Crippen LogP contribution >= 0.6 is 0 Å². The summed E-state index contributed by atoms with van der Waals surface area (Å²) in [5, 5.41) is 0. The van der Waals surface area contributed by atoms with Crippen molar-refractivity contribution < 1.29 is 13.6 Å². The second kappa shape index (κ2) is 5.03. The fraction of sp³-hybridized carbons (Fsp3) is 0.364. The van der Waals surface area contributed by atoms with Crippen LogP contribution in [0.2, 0.25) is 0 Å². The molecule has 0 heterocycles. The molecule has 16 heavy (non-hydrogen) atoms. The van der Waals surface area contributed by atoms with Crippen molar-refractivity contribution in [2.24, 2.45) is 5.73 Å². The lowest BCUT2D eigenvalue weighted by Crippen LogP contribution is -2.14. The molecule has 1 rings (SSSR count). The Balaban J connectivity index is 3.18. The van der Waals surface area contributed by atoms with Crippen LogP contribution in [0, 0.1) is 11.6 Å². The van der Waals surface area contributed by atoms with Gasteiger partial charge in [0.15, 0.2) is 17.4 Å². The maximum Gasteiger partial charge on any atom is 0.182 e. The number of carbonyl (C=O) groups excluding carboxylic acids is 1. The van der Waals surface area contributed by atoms with E-state index in [4.69, 9.17) is 5.73 Å². The van der Waals surface area contributed by atoms with Crippen LogP contribution in [0.4, 0.5) is 14.5 Å². The SMILES string of the molecule is CN(C)c1cc(C(=O)CCN)cc(F)c1F. The summed E-state index contributed by atoms with van der Waals surface area (Å²) in [4.78, 5) is 12.9. The zero-order valence-corrected chi connectivity index (χ0v) is 9.26. The van der Waals surface area contributed by atoms with E-state index in [0.717, 1.165) is 6.07 Å². The van der Waals surface area contributed by atoms with Crippen LogP contribution < -0.4 is 10.6 Å². The molecule has 2 N–H and O–H groups in total. The summed E-state index contributed by atoms with van der Waals surface area (Å²) in [6.45, 7) is 0.190. The lowest BCUT2D eigenvalue weighted by molar-refractivity contribution is 0.0985. The highest BCUT2D eigenvalue weighted by Gasteiger charge is 2.15. The number of halogens is 2. The van der Waals surface area contributed by atoms with E-state index in [9.17, 15) is 13.6 Å². The molecule has 1 aromatic rings. The Morgan fingerprint density at radius 1 is 1.38 bits per heavy atom. The molecular weight excluding hydrogens is 214 g/mol. The number of ketones is 1. The van der Waals surface area contributed by atoms with Gasteiger partial charge in [-0.2, -0.15) is 0 Å². The van der Waals surface area contributed by atoms with Gasteiger partial charge in [-0.1, -0.05) is 0 Å². The standard InChI is InChI=1S/C11H14F2N2O/c1-15(2)9-6-7(10(16)3-4-14)5-8(12)11(9)13/h5-6H,3-4,14H2,1-2H3. The second-order valence-corrected chi connectivity index (χ2v) is 3.65.